The van der Waals surface area contributed by atoms with E-state index in [1.807, 2.05) is 0 Å². The summed E-state index contributed by atoms with van der Waals surface area (Å²) in [5.41, 5.74) is -0.874. The van der Waals surface area contributed by atoms with E-state index in [4.69, 9.17) is 9.84 Å². The van der Waals surface area contributed by atoms with Crippen LogP contribution >= 0.6 is 0 Å². The van der Waals surface area contributed by atoms with Gasteiger partial charge in [0, 0.05) is 6.20 Å². The number of ether oxygens (including phenoxy) is 1. The van der Waals surface area contributed by atoms with Crippen molar-refractivity contribution in [2.45, 2.75) is 26.4 Å². The number of ketones is 1. The predicted octanol–water partition coefficient (Wildman–Crippen LogP) is 1.70. The molecule has 1 heterocycles. The molecular weight excluding hydrogens is 252 g/mol. The summed E-state index contributed by atoms with van der Waals surface area (Å²) in [5.74, 6) is -2.74. The third-order valence-corrected chi connectivity index (χ3v) is 1.90. The lowest BCUT2D eigenvalue weighted by Crippen LogP contribution is -2.28. The summed E-state index contributed by atoms with van der Waals surface area (Å²) in [6.45, 7) is 5.04. The van der Waals surface area contributed by atoms with E-state index in [1.54, 1.807) is 20.8 Å². The second-order valence-electron chi connectivity index (χ2n) is 4.68. The van der Waals surface area contributed by atoms with Gasteiger partial charge in [-0.3, -0.25) is 15.1 Å². The molecule has 2 N–H and O–H groups in total. The first-order valence-electron chi connectivity index (χ1n) is 5.42. The van der Waals surface area contributed by atoms with Crippen molar-refractivity contribution in [2.24, 2.45) is 0 Å². The maximum atomic E-state index is 11.6. The summed E-state index contributed by atoms with van der Waals surface area (Å²) < 4.78 is 5.00. The molecule has 0 radical (unpaired) electrons. The second-order valence-corrected chi connectivity index (χ2v) is 4.68. The molecule has 19 heavy (non-hydrogen) atoms. The van der Waals surface area contributed by atoms with Crippen LogP contribution in [0.5, 0.6) is 0 Å². The highest BCUT2D eigenvalue weighted by Crippen LogP contribution is 2.16. The van der Waals surface area contributed by atoms with E-state index in [0.717, 1.165) is 0 Å². The van der Waals surface area contributed by atoms with Crippen molar-refractivity contribution in [3.63, 3.8) is 0 Å². The van der Waals surface area contributed by atoms with Crippen molar-refractivity contribution >= 4 is 23.5 Å². The van der Waals surface area contributed by atoms with Gasteiger partial charge in [-0.15, -0.1) is 0 Å². The maximum Gasteiger partial charge on any atom is 0.412 e. The number of nitrogens with zero attached hydrogens (tertiary/aromatic N) is 1. The molecule has 1 rings (SSSR count). The van der Waals surface area contributed by atoms with Crippen molar-refractivity contribution in [1.29, 1.82) is 0 Å². The van der Waals surface area contributed by atoms with Crippen molar-refractivity contribution in [3.05, 3.63) is 24.0 Å². The molecule has 0 aliphatic heterocycles. The van der Waals surface area contributed by atoms with Gasteiger partial charge in [-0.05, 0) is 26.8 Å². The number of rotatable bonds is 3. The van der Waals surface area contributed by atoms with Gasteiger partial charge in [0.15, 0.2) is 0 Å². The van der Waals surface area contributed by atoms with E-state index in [0.29, 0.717) is 0 Å². The number of amides is 1. The Morgan fingerprint density at radius 1 is 1.32 bits per heavy atom. The van der Waals surface area contributed by atoms with Crippen molar-refractivity contribution in [3.8, 4) is 0 Å². The number of aromatic nitrogens is 1. The zero-order valence-electron chi connectivity index (χ0n) is 10.8. The number of carboxylic acids is 1. The molecule has 0 aliphatic carbocycles. The number of Topliss-reactive ketones (excluding diaryl/α,β-unsaturated/α-hetero) is 1. The minimum atomic E-state index is -1.61. The number of hydrogen-bond donors (Lipinski definition) is 2. The van der Waals surface area contributed by atoms with Crippen LogP contribution in [0.3, 0.4) is 0 Å². The third kappa shape index (κ3) is 4.38. The van der Waals surface area contributed by atoms with E-state index >= 15 is 0 Å². The molecule has 1 aromatic rings. The summed E-state index contributed by atoms with van der Waals surface area (Å²) in [7, 11) is 0. The molecular formula is C12H14N2O5. The molecule has 1 aromatic heterocycles. The van der Waals surface area contributed by atoms with Gasteiger partial charge in [-0.1, -0.05) is 0 Å². The van der Waals surface area contributed by atoms with Gasteiger partial charge in [-0.25, -0.2) is 9.59 Å². The molecule has 1 amide bonds. The average molecular weight is 266 g/mol. The molecule has 7 nitrogen and oxygen atoms in total. The van der Waals surface area contributed by atoms with Gasteiger partial charge < -0.3 is 9.84 Å². The van der Waals surface area contributed by atoms with Gasteiger partial charge in [0.25, 0.3) is 5.78 Å². The number of aliphatic carboxylic acids is 1. The molecule has 7 heteroatoms. The Hall–Kier alpha value is -2.44. The Balaban J connectivity index is 2.93. The van der Waals surface area contributed by atoms with E-state index < -0.39 is 23.4 Å². The quantitative estimate of drug-likeness (QED) is 0.637. The molecule has 0 saturated heterocycles. The summed E-state index contributed by atoms with van der Waals surface area (Å²) >= 11 is 0. The average Bonchev–Trinajstić information content (AvgIpc) is 2.26. The van der Waals surface area contributed by atoms with Crippen LogP contribution in [0.1, 0.15) is 31.1 Å². The Labute approximate surface area is 109 Å². The zero-order chi connectivity index (χ0) is 14.6. The lowest BCUT2D eigenvalue weighted by molar-refractivity contribution is -0.131. The van der Waals surface area contributed by atoms with Crippen LogP contribution in [0.4, 0.5) is 10.5 Å². The summed E-state index contributed by atoms with van der Waals surface area (Å²) in [6, 6.07) is 1.21. The normalized spacial score (nSPS) is 10.7. The van der Waals surface area contributed by atoms with Crippen LogP contribution in [-0.2, 0) is 9.53 Å². The fraction of sp³-hybridized carbons (Fsp3) is 0.333. The number of nitrogens with one attached hydrogen (secondary N) is 1. The van der Waals surface area contributed by atoms with E-state index in [9.17, 15) is 14.4 Å². The van der Waals surface area contributed by atoms with Gasteiger partial charge >= 0.3 is 12.1 Å². The Bertz CT molecular complexity index is 519. The van der Waals surface area contributed by atoms with Crippen LogP contribution in [0.2, 0.25) is 0 Å². The number of carbonyl (C=O) groups excluding carboxylic acids is 2. The molecule has 0 fully saturated rings. The SMILES string of the molecule is CC(C)(C)OC(=O)Nc1cnccc1C(=O)C(=O)O. The first kappa shape index (κ1) is 14.6. The number of carbonyl (C=O) groups is 3. The fourth-order valence-corrected chi connectivity index (χ4v) is 1.22. The summed E-state index contributed by atoms with van der Waals surface area (Å²) in [6.07, 6.45) is 1.65. The molecule has 0 aliphatic rings. The van der Waals surface area contributed by atoms with E-state index in [1.165, 1.54) is 18.5 Å². The highest BCUT2D eigenvalue weighted by Gasteiger charge is 2.21. The standard InChI is InChI=1S/C12H14N2O5/c1-12(2,3)19-11(18)14-8-6-13-5-4-7(8)9(15)10(16)17/h4-6H,1-3H3,(H,14,18)(H,16,17). The molecule has 0 saturated carbocycles. The number of anilines is 1. The third-order valence-electron chi connectivity index (χ3n) is 1.90. The van der Waals surface area contributed by atoms with Crippen molar-refractivity contribution in [2.75, 3.05) is 5.32 Å². The molecule has 0 aromatic carbocycles. The van der Waals surface area contributed by atoms with Gasteiger partial charge in [0.1, 0.15) is 5.60 Å². The second kappa shape index (κ2) is 5.47. The van der Waals surface area contributed by atoms with Crippen LogP contribution in [0.25, 0.3) is 0 Å². The Morgan fingerprint density at radius 2 is 1.95 bits per heavy atom. The maximum absolute atomic E-state index is 11.6. The molecule has 0 spiro atoms. The van der Waals surface area contributed by atoms with Crippen molar-refractivity contribution in [1.82, 2.24) is 4.98 Å². The van der Waals surface area contributed by atoms with Crippen LogP contribution in [-0.4, -0.2) is 33.5 Å². The van der Waals surface area contributed by atoms with Gasteiger partial charge in [0.05, 0.1) is 17.4 Å². The highest BCUT2D eigenvalue weighted by atomic mass is 16.6. The minimum absolute atomic E-state index is 0.0100. The molecule has 102 valence electrons. The molecule has 0 atom stereocenters. The van der Waals surface area contributed by atoms with E-state index in [2.05, 4.69) is 10.3 Å². The topological polar surface area (TPSA) is 106 Å². The smallest absolute Gasteiger partial charge is 0.412 e. The Morgan fingerprint density at radius 3 is 2.47 bits per heavy atom. The zero-order valence-corrected chi connectivity index (χ0v) is 10.8. The number of carboxylic acid groups (broad SMARTS) is 1. The molecule has 0 unspecified atom stereocenters. The summed E-state index contributed by atoms with van der Waals surface area (Å²) in [4.78, 5) is 37.3. The molecule has 0 bridgehead atoms. The lowest BCUT2D eigenvalue weighted by atomic mass is 10.1. The van der Waals surface area contributed by atoms with Gasteiger partial charge in [0.2, 0.25) is 0 Å². The minimum Gasteiger partial charge on any atom is -0.475 e. The van der Waals surface area contributed by atoms with Crippen LogP contribution < -0.4 is 5.32 Å². The number of hydrogen-bond acceptors (Lipinski definition) is 5. The highest BCUT2D eigenvalue weighted by molar-refractivity contribution is 6.41. The first-order valence-corrected chi connectivity index (χ1v) is 5.42. The number of pyridine rings is 1. The lowest BCUT2D eigenvalue weighted by Gasteiger charge is -2.20. The van der Waals surface area contributed by atoms with Gasteiger partial charge in [-0.2, -0.15) is 0 Å². The van der Waals surface area contributed by atoms with E-state index in [-0.39, 0.29) is 11.3 Å². The fourth-order valence-electron chi connectivity index (χ4n) is 1.22. The summed E-state index contributed by atoms with van der Waals surface area (Å²) in [5, 5.41) is 11.0. The van der Waals surface area contributed by atoms with Crippen LogP contribution in [0.15, 0.2) is 18.5 Å². The monoisotopic (exact) mass is 266 g/mol. The Kier molecular flexibility index (Phi) is 4.21. The predicted molar refractivity (Wildman–Crippen MR) is 66.1 cm³/mol. The van der Waals surface area contributed by atoms with Crippen molar-refractivity contribution < 1.29 is 24.2 Å². The van der Waals surface area contributed by atoms with Crippen LogP contribution in [0, 0.1) is 0 Å². The largest absolute Gasteiger partial charge is 0.475 e. The first-order chi connectivity index (χ1) is 8.70.